The Hall–Kier alpha value is 0.217. The van der Waals surface area contributed by atoms with Gasteiger partial charge in [-0.2, -0.15) is 0 Å². The first-order valence-electron chi connectivity index (χ1n) is 10.2. The highest BCUT2D eigenvalue weighted by molar-refractivity contribution is 6.80. The lowest BCUT2D eigenvalue weighted by atomic mass is 9.81. The Bertz CT molecular complexity index is 340. The van der Waals surface area contributed by atoms with Gasteiger partial charge in [-0.05, 0) is 34.8 Å². The molecule has 0 saturated heterocycles. The smallest absolute Gasteiger partial charge is 0.0541 e. The van der Waals surface area contributed by atoms with Gasteiger partial charge < -0.3 is 0 Å². The number of rotatable bonds is 2. The van der Waals surface area contributed by atoms with Crippen LogP contribution in [0.3, 0.4) is 0 Å². The van der Waals surface area contributed by atoms with E-state index in [1.165, 1.54) is 22.9 Å². The van der Waals surface area contributed by atoms with Crippen molar-refractivity contribution in [2.24, 2.45) is 23.7 Å². The largest absolute Gasteiger partial charge is 0.0689 e. The van der Waals surface area contributed by atoms with Crippen LogP contribution in [0.15, 0.2) is 0 Å². The fraction of sp³-hybridized carbons (Fsp3) is 1.00. The summed E-state index contributed by atoms with van der Waals surface area (Å²) in [5.41, 5.74) is 2.40. The highest BCUT2D eigenvalue weighted by Crippen LogP contribution is 2.61. The summed E-state index contributed by atoms with van der Waals surface area (Å²) in [4.78, 5) is 0. The van der Waals surface area contributed by atoms with Crippen LogP contribution in [0.4, 0.5) is 0 Å². The second-order valence-corrected chi connectivity index (χ2v) is 14.7. The predicted molar refractivity (Wildman–Crippen MR) is 94.3 cm³/mol. The molecule has 0 radical (unpaired) electrons. The standard InChI is InChI=1S/C20H36Si/c1-21(2,19-13-11-15-7-3-5-9-17(15)19)20-14-12-16-8-4-6-10-18(16)20/h15-20H,3-14H2,1-2H3/t15?,16?,17?,18?,19-,20+. The van der Waals surface area contributed by atoms with Crippen LogP contribution in [0.25, 0.3) is 0 Å². The van der Waals surface area contributed by atoms with Crippen LogP contribution in [0.2, 0.25) is 24.2 Å². The maximum atomic E-state index is 2.83. The molecule has 4 aliphatic carbocycles. The molecule has 0 N–H and O–H groups in total. The molecule has 21 heavy (non-hydrogen) atoms. The van der Waals surface area contributed by atoms with Crippen molar-refractivity contribution in [2.45, 2.75) is 101 Å². The SMILES string of the molecule is C[Si](C)([C@@H]1CCC2CCCCC21)[C@H]1CCC2CCCCC21. The number of fused-ring (bicyclic) bond motifs is 2. The maximum Gasteiger partial charge on any atom is 0.0541 e. The molecule has 0 aromatic heterocycles. The van der Waals surface area contributed by atoms with Gasteiger partial charge in [0.15, 0.2) is 0 Å². The summed E-state index contributed by atoms with van der Waals surface area (Å²) >= 11 is 0. The molecule has 1 heteroatoms. The van der Waals surface area contributed by atoms with Gasteiger partial charge in [0.05, 0.1) is 8.07 Å². The predicted octanol–water partition coefficient (Wildman–Crippen LogP) is 6.64. The first-order chi connectivity index (χ1) is 10.2. The van der Waals surface area contributed by atoms with Gasteiger partial charge in [0.2, 0.25) is 0 Å². The van der Waals surface area contributed by atoms with E-state index in [2.05, 4.69) is 13.1 Å². The normalized spacial score (nSPS) is 47.1. The second kappa shape index (κ2) is 5.69. The van der Waals surface area contributed by atoms with Crippen molar-refractivity contribution in [3.05, 3.63) is 0 Å². The Kier molecular flexibility index (Phi) is 4.01. The van der Waals surface area contributed by atoms with Crippen LogP contribution in [-0.4, -0.2) is 8.07 Å². The molecule has 6 atom stereocenters. The maximum absolute atomic E-state index is 2.83. The molecule has 4 rings (SSSR count). The number of hydrogen-bond donors (Lipinski definition) is 0. The van der Waals surface area contributed by atoms with Gasteiger partial charge in [0, 0.05) is 0 Å². The van der Waals surface area contributed by atoms with Crippen molar-refractivity contribution in [1.29, 1.82) is 0 Å². The summed E-state index contributed by atoms with van der Waals surface area (Å²) in [6, 6.07) is 0. The fourth-order valence-corrected chi connectivity index (χ4v) is 13.0. The Morgan fingerprint density at radius 2 is 0.952 bits per heavy atom. The average Bonchev–Trinajstić information content (AvgIpc) is 3.12. The summed E-state index contributed by atoms with van der Waals surface area (Å²) in [5, 5.41) is 0. The lowest BCUT2D eigenvalue weighted by molar-refractivity contribution is 0.263. The van der Waals surface area contributed by atoms with Crippen LogP contribution in [0.5, 0.6) is 0 Å². The molecule has 0 aliphatic heterocycles. The van der Waals surface area contributed by atoms with Gasteiger partial charge in [-0.25, -0.2) is 0 Å². The zero-order chi connectivity index (χ0) is 14.4. The molecule has 4 aliphatic rings. The number of hydrogen-bond acceptors (Lipinski definition) is 0. The molecule has 0 aromatic rings. The van der Waals surface area contributed by atoms with E-state index in [-0.39, 0.29) is 0 Å². The van der Waals surface area contributed by atoms with Crippen LogP contribution < -0.4 is 0 Å². The molecule has 0 heterocycles. The van der Waals surface area contributed by atoms with Gasteiger partial charge >= 0.3 is 0 Å². The highest BCUT2D eigenvalue weighted by atomic mass is 28.3. The van der Waals surface area contributed by atoms with Gasteiger partial charge in [-0.1, -0.05) is 90.1 Å². The molecule has 0 bridgehead atoms. The van der Waals surface area contributed by atoms with Crippen molar-refractivity contribution in [2.75, 3.05) is 0 Å². The Morgan fingerprint density at radius 3 is 1.43 bits per heavy atom. The molecule has 120 valence electrons. The van der Waals surface area contributed by atoms with E-state index in [0.717, 1.165) is 11.8 Å². The molecular formula is C20H36Si. The minimum atomic E-state index is -1.05. The van der Waals surface area contributed by atoms with E-state index in [1.54, 1.807) is 77.0 Å². The van der Waals surface area contributed by atoms with Gasteiger partial charge in [0.1, 0.15) is 0 Å². The molecule has 0 nitrogen and oxygen atoms in total. The Morgan fingerprint density at radius 1 is 0.524 bits per heavy atom. The second-order valence-electron chi connectivity index (χ2n) is 9.61. The van der Waals surface area contributed by atoms with Crippen LogP contribution in [0.1, 0.15) is 77.0 Å². The Labute approximate surface area is 133 Å². The fourth-order valence-electron chi connectivity index (χ4n) is 7.59. The minimum absolute atomic E-state index is 1.05. The quantitative estimate of drug-likeness (QED) is 0.502. The van der Waals surface area contributed by atoms with E-state index < -0.39 is 8.07 Å². The zero-order valence-corrected chi connectivity index (χ0v) is 15.4. The molecule has 0 spiro atoms. The summed E-state index contributed by atoms with van der Waals surface area (Å²) in [5.74, 6) is 4.64. The summed E-state index contributed by atoms with van der Waals surface area (Å²) in [6.45, 7) is 5.66. The highest BCUT2D eigenvalue weighted by Gasteiger charge is 2.53. The van der Waals surface area contributed by atoms with Crippen LogP contribution >= 0.6 is 0 Å². The minimum Gasteiger partial charge on any atom is -0.0689 e. The monoisotopic (exact) mass is 304 g/mol. The van der Waals surface area contributed by atoms with E-state index >= 15 is 0 Å². The van der Waals surface area contributed by atoms with E-state index in [0.29, 0.717) is 0 Å². The zero-order valence-electron chi connectivity index (χ0n) is 14.4. The van der Waals surface area contributed by atoms with E-state index in [4.69, 9.17) is 0 Å². The summed E-state index contributed by atoms with van der Waals surface area (Å²) < 4.78 is 0. The first kappa shape index (κ1) is 14.8. The molecule has 4 saturated carbocycles. The first-order valence-corrected chi connectivity index (χ1v) is 13.3. The van der Waals surface area contributed by atoms with E-state index in [9.17, 15) is 0 Å². The summed E-state index contributed by atoms with van der Waals surface area (Å²) in [7, 11) is -1.05. The van der Waals surface area contributed by atoms with Gasteiger partial charge in [-0.3, -0.25) is 0 Å². The molecule has 0 aromatic carbocycles. The molecule has 4 fully saturated rings. The molecule has 0 amide bonds. The lowest BCUT2D eigenvalue weighted by Crippen LogP contribution is -2.43. The van der Waals surface area contributed by atoms with Crippen molar-refractivity contribution < 1.29 is 0 Å². The topological polar surface area (TPSA) is 0 Å². The Balaban J connectivity index is 1.52. The van der Waals surface area contributed by atoms with Crippen LogP contribution in [-0.2, 0) is 0 Å². The van der Waals surface area contributed by atoms with Gasteiger partial charge in [-0.15, -0.1) is 0 Å². The van der Waals surface area contributed by atoms with Crippen molar-refractivity contribution in [3.63, 3.8) is 0 Å². The lowest BCUT2D eigenvalue weighted by Gasteiger charge is -2.45. The van der Waals surface area contributed by atoms with Crippen LogP contribution in [0, 0.1) is 23.7 Å². The van der Waals surface area contributed by atoms with Gasteiger partial charge in [0.25, 0.3) is 0 Å². The van der Waals surface area contributed by atoms with E-state index in [1.807, 2.05) is 0 Å². The van der Waals surface area contributed by atoms with Crippen molar-refractivity contribution in [3.8, 4) is 0 Å². The molecular weight excluding hydrogens is 268 g/mol. The van der Waals surface area contributed by atoms with Crippen molar-refractivity contribution >= 4 is 8.07 Å². The third-order valence-corrected chi connectivity index (χ3v) is 13.8. The summed E-state index contributed by atoms with van der Waals surface area (Å²) in [6.07, 6.45) is 19.0. The third-order valence-electron chi connectivity index (χ3n) is 8.58. The third kappa shape index (κ3) is 2.46. The molecule has 4 unspecified atom stereocenters. The average molecular weight is 305 g/mol. The van der Waals surface area contributed by atoms with Crippen molar-refractivity contribution in [1.82, 2.24) is 0 Å².